The first-order valence-electron chi connectivity index (χ1n) is 6.66. The van der Waals surface area contributed by atoms with Crippen molar-refractivity contribution in [1.82, 2.24) is 0 Å². The van der Waals surface area contributed by atoms with E-state index in [9.17, 15) is 15.2 Å². The largest absolute Gasteiger partial charge is 0.481 e. The monoisotopic (exact) mass is 290 g/mol. The van der Waals surface area contributed by atoms with Gasteiger partial charge in [-0.25, -0.2) is 0 Å². The molecule has 4 nitrogen and oxygen atoms in total. The van der Waals surface area contributed by atoms with E-state index >= 15 is 0 Å². The molecule has 20 heavy (non-hydrogen) atoms. The van der Waals surface area contributed by atoms with Gasteiger partial charge in [-0.1, -0.05) is 13.0 Å². The summed E-state index contributed by atoms with van der Waals surface area (Å²) in [4.78, 5) is 14.3. The van der Waals surface area contributed by atoms with Crippen LogP contribution >= 0.6 is 11.8 Å². The molecule has 1 atom stereocenters. The van der Waals surface area contributed by atoms with Crippen molar-refractivity contribution in [2.24, 2.45) is 5.41 Å². The highest BCUT2D eigenvalue weighted by molar-refractivity contribution is 7.99. The van der Waals surface area contributed by atoms with Gasteiger partial charge in [0.05, 0.1) is 16.7 Å². The standard InChI is InChI=1S/C15H18N2O2S/c1-3-20-13-6-4-5-12(11(13)9-16)17-8-7-15(2,10-17)14(18)19/h4-6H,3,7-8,10H2,1-2H3,(H,18,19). The van der Waals surface area contributed by atoms with E-state index in [0.717, 1.165) is 16.3 Å². The third-order valence-corrected chi connectivity index (χ3v) is 4.69. The third-order valence-electron chi connectivity index (χ3n) is 3.75. The number of nitrogens with zero attached hydrogens (tertiary/aromatic N) is 2. The van der Waals surface area contributed by atoms with Crippen LogP contribution in [0.3, 0.4) is 0 Å². The smallest absolute Gasteiger partial charge is 0.311 e. The van der Waals surface area contributed by atoms with E-state index in [1.807, 2.05) is 23.1 Å². The molecule has 0 radical (unpaired) electrons. The van der Waals surface area contributed by atoms with E-state index in [4.69, 9.17) is 0 Å². The van der Waals surface area contributed by atoms with Crippen molar-refractivity contribution in [3.8, 4) is 6.07 Å². The fourth-order valence-electron chi connectivity index (χ4n) is 2.51. The summed E-state index contributed by atoms with van der Waals surface area (Å²) >= 11 is 1.64. The fourth-order valence-corrected chi connectivity index (χ4v) is 3.29. The lowest BCUT2D eigenvalue weighted by molar-refractivity contribution is -0.146. The van der Waals surface area contributed by atoms with E-state index in [-0.39, 0.29) is 0 Å². The molecule has 0 bridgehead atoms. The summed E-state index contributed by atoms with van der Waals surface area (Å²) in [6, 6.07) is 8.06. The quantitative estimate of drug-likeness (QED) is 0.864. The summed E-state index contributed by atoms with van der Waals surface area (Å²) in [6.45, 7) is 4.96. The Bertz CT molecular complexity index is 567. The molecule has 1 aliphatic heterocycles. The number of thioether (sulfide) groups is 1. The number of hydrogen-bond acceptors (Lipinski definition) is 4. The molecule has 5 heteroatoms. The molecule has 1 aromatic carbocycles. The topological polar surface area (TPSA) is 64.3 Å². The zero-order valence-corrected chi connectivity index (χ0v) is 12.5. The maximum absolute atomic E-state index is 11.3. The lowest BCUT2D eigenvalue weighted by Gasteiger charge is -2.23. The highest BCUT2D eigenvalue weighted by Crippen LogP contribution is 2.37. The Morgan fingerprint density at radius 1 is 1.60 bits per heavy atom. The summed E-state index contributed by atoms with van der Waals surface area (Å²) in [5.74, 6) is 0.142. The van der Waals surface area contributed by atoms with Crippen LogP contribution in [-0.2, 0) is 4.79 Å². The highest BCUT2D eigenvalue weighted by atomic mass is 32.2. The summed E-state index contributed by atoms with van der Waals surface area (Å²) in [5.41, 5.74) is 0.797. The van der Waals surface area contributed by atoms with Gasteiger partial charge in [-0.15, -0.1) is 11.8 Å². The van der Waals surface area contributed by atoms with Crippen molar-refractivity contribution < 1.29 is 9.90 Å². The Labute approximate surface area is 123 Å². The van der Waals surface area contributed by atoms with Crippen LogP contribution in [-0.4, -0.2) is 29.9 Å². The van der Waals surface area contributed by atoms with Gasteiger partial charge in [0.2, 0.25) is 0 Å². The number of anilines is 1. The minimum atomic E-state index is -0.766. The zero-order valence-electron chi connectivity index (χ0n) is 11.7. The average Bonchev–Trinajstić information content (AvgIpc) is 2.83. The molecule has 0 aromatic heterocycles. The molecule has 1 fully saturated rings. The number of rotatable bonds is 4. The fraction of sp³-hybridized carbons (Fsp3) is 0.467. The average molecular weight is 290 g/mol. The van der Waals surface area contributed by atoms with E-state index in [0.29, 0.717) is 25.1 Å². The molecule has 106 valence electrons. The molecule has 0 saturated carbocycles. The van der Waals surface area contributed by atoms with Crippen LogP contribution in [0.5, 0.6) is 0 Å². The van der Waals surface area contributed by atoms with Crippen molar-refractivity contribution in [3.63, 3.8) is 0 Å². The predicted molar refractivity (Wildman–Crippen MR) is 80.1 cm³/mol. The van der Waals surface area contributed by atoms with Gasteiger partial charge in [-0.2, -0.15) is 5.26 Å². The lowest BCUT2D eigenvalue weighted by Crippen LogP contribution is -2.32. The number of carbonyl (C=O) groups is 1. The Balaban J connectivity index is 2.33. The zero-order chi connectivity index (χ0) is 14.8. The molecule has 1 N–H and O–H groups in total. The molecular formula is C15H18N2O2S. The molecule has 0 spiro atoms. The third kappa shape index (κ3) is 2.61. The second-order valence-electron chi connectivity index (χ2n) is 5.23. The van der Waals surface area contributed by atoms with Gasteiger partial charge in [-0.05, 0) is 31.2 Å². The van der Waals surface area contributed by atoms with Crippen LogP contribution in [0.4, 0.5) is 5.69 Å². The van der Waals surface area contributed by atoms with E-state index in [1.54, 1.807) is 18.7 Å². The highest BCUT2D eigenvalue weighted by Gasteiger charge is 2.41. The van der Waals surface area contributed by atoms with Gasteiger partial charge >= 0.3 is 5.97 Å². The van der Waals surface area contributed by atoms with Gasteiger partial charge in [0, 0.05) is 18.0 Å². The molecule has 2 rings (SSSR count). The number of nitriles is 1. The van der Waals surface area contributed by atoms with E-state index in [2.05, 4.69) is 13.0 Å². The van der Waals surface area contributed by atoms with Crippen LogP contribution in [0.2, 0.25) is 0 Å². The molecular weight excluding hydrogens is 272 g/mol. The van der Waals surface area contributed by atoms with Crippen LogP contribution in [0.1, 0.15) is 25.8 Å². The molecule has 0 amide bonds. The molecule has 1 unspecified atom stereocenters. The van der Waals surface area contributed by atoms with Crippen LogP contribution < -0.4 is 4.90 Å². The number of carboxylic acids is 1. The number of hydrogen-bond donors (Lipinski definition) is 1. The molecule has 0 aliphatic carbocycles. The van der Waals surface area contributed by atoms with Crippen molar-refractivity contribution in [1.29, 1.82) is 5.26 Å². The minimum absolute atomic E-state index is 0.456. The first-order valence-corrected chi connectivity index (χ1v) is 7.64. The number of benzene rings is 1. The van der Waals surface area contributed by atoms with Crippen molar-refractivity contribution in [2.75, 3.05) is 23.7 Å². The maximum atomic E-state index is 11.3. The second-order valence-corrected chi connectivity index (χ2v) is 6.54. The van der Waals surface area contributed by atoms with Gasteiger partial charge in [0.15, 0.2) is 0 Å². The van der Waals surface area contributed by atoms with Gasteiger partial charge in [-0.3, -0.25) is 4.79 Å². The lowest BCUT2D eigenvalue weighted by atomic mass is 9.90. The molecule has 1 aromatic rings. The summed E-state index contributed by atoms with van der Waals surface area (Å²) in [6.07, 6.45) is 0.609. The van der Waals surface area contributed by atoms with Gasteiger partial charge in [0.1, 0.15) is 6.07 Å². The van der Waals surface area contributed by atoms with E-state index in [1.165, 1.54) is 0 Å². The Kier molecular flexibility index (Phi) is 4.24. The second kappa shape index (κ2) is 5.76. The van der Waals surface area contributed by atoms with Crippen LogP contribution in [0.15, 0.2) is 23.1 Å². The first kappa shape index (κ1) is 14.7. The van der Waals surface area contributed by atoms with Gasteiger partial charge in [0.25, 0.3) is 0 Å². The van der Waals surface area contributed by atoms with E-state index < -0.39 is 11.4 Å². The molecule has 1 aliphatic rings. The number of aliphatic carboxylic acids is 1. The summed E-state index contributed by atoms with van der Waals surface area (Å²) in [7, 11) is 0. The van der Waals surface area contributed by atoms with Crippen molar-refractivity contribution in [3.05, 3.63) is 23.8 Å². The first-order chi connectivity index (χ1) is 9.51. The normalized spacial score (nSPS) is 21.8. The van der Waals surface area contributed by atoms with Gasteiger partial charge < -0.3 is 10.0 Å². The van der Waals surface area contributed by atoms with Crippen molar-refractivity contribution >= 4 is 23.4 Å². The predicted octanol–water partition coefficient (Wildman–Crippen LogP) is 2.97. The van der Waals surface area contributed by atoms with Crippen molar-refractivity contribution in [2.45, 2.75) is 25.2 Å². The van der Waals surface area contributed by atoms with Crippen LogP contribution in [0.25, 0.3) is 0 Å². The number of carboxylic acid groups (broad SMARTS) is 1. The molecule has 1 saturated heterocycles. The summed E-state index contributed by atoms with van der Waals surface area (Å²) in [5, 5.41) is 18.7. The van der Waals surface area contributed by atoms with Crippen LogP contribution in [0, 0.1) is 16.7 Å². The Morgan fingerprint density at radius 2 is 2.35 bits per heavy atom. The molecule has 1 heterocycles. The summed E-state index contributed by atoms with van der Waals surface area (Å²) < 4.78 is 0. The minimum Gasteiger partial charge on any atom is -0.481 e. The Hall–Kier alpha value is -1.67. The SMILES string of the molecule is CCSc1cccc(N2CCC(C)(C(=O)O)C2)c1C#N. The Morgan fingerprint density at radius 3 is 2.90 bits per heavy atom. The maximum Gasteiger partial charge on any atom is 0.311 e.